The maximum atomic E-state index is 13.8. The van der Waals surface area contributed by atoms with E-state index in [9.17, 15) is 8.78 Å². The van der Waals surface area contributed by atoms with Gasteiger partial charge >= 0.3 is 0 Å². The summed E-state index contributed by atoms with van der Waals surface area (Å²) in [5.41, 5.74) is 1.25. The molecule has 1 aromatic carbocycles. The zero-order chi connectivity index (χ0) is 12.5. The normalized spacial score (nSPS) is 19.3. The minimum atomic E-state index is -0.577. The molecule has 0 saturated carbocycles. The lowest BCUT2D eigenvalue weighted by Crippen LogP contribution is -2.16. The molecular formula is C13H13F2N3. The van der Waals surface area contributed by atoms with Crippen LogP contribution in [0.15, 0.2) is 30.7 Å². The Balaban J connectivity index is 2.03. The zero-order valence-electron chi connectivity index (χ0n) is 9.74. The van der Waals surface area contributed by atoms with Crippen molar-refractivity contribution in [1.82, 2.24) is 14.9 Å². The van der Waals surface area contributed by atoms with Crippen LogP contribution in [0.3, 0.4) is 0 Å². The van der Waals surface area contributed by atoms with E-state index in [0.717, 1.165) is 31.1 Å². The number of aromatic nitrogens is 2. The molecule has 1 unspecified atom stereocenters. The molecule has 1 aromatic heterocycles. The van der Waals surface area contributed by atoms with Gasteiger partial charge in [-0.05, 0) is 31.5 Å². The van der Waals surface area contributed by atoms with E-state index >= 15 is 0 Å². The van der Waals surface area contributed by atoms with Crippen LogP contribution in [0.25, 0.3) is 5.69 Å². The fourth-order valence-electron chi connectivity index (χ4n) is 2.38. The van der Waals surface area contributed by atoms with E-state index in [-0.39, 0.29) is 6.04 Å². The molecule has 1 aliphatic heterocycles. The van der Waals surface area contributed by atoms with Crippen molar-refractivity contribution in [3.63, 3.8) is 0 Å². The van der Waals surface area contributed by atoms with Gasteiger partial charge in [0.05, 0.1) is 23.9 Å². The number of benzene rings is 1. The van der Waals surface area contributed by atoms with Crippen molar-refractivity contribution in [2.24, 2.45) is 0 Å². The molecule has 0 radical (unpaired) electrons. The van der Waals surface area contributed by atoms with E-state index in [1.165, 1.54) is 12.1 Å². The lowest BCUT2D eigenvalue weighted by atomic mass is 10.1. The van der Waals surface area contributed by atoms with Gasteiger partial charge in [0.15, 0.2) is 0 Å². The molecule has 1 N–H and O–H groups in total. The van der Waals surface area contributed by atoms with Crippen LogP contribution in [0.5, 0.6) is 0 Å². The molecule has 2 heterocycles. The van der Waals surface area contributed by atoms with Gasteiger partial charge in [-0.25, -0.2) is 13.8 Å². The first-order chi connectivity index (χ1) is 8.75. The minimum absolute atomic E-state index is 0.192. The van der Waals surface area contributed by atoms with Gasteiger partial charge in [-0.3, -0.25) is 4.57 Å². The Bertz CT molecular complexity index is 559. The Morgan fingerprint density at radius 2 is 2.22 bits per heavy atom. The molecule has 3 nitrogen and oxygen atoms in total. The summed E-state index contributed by atoms with van der Waals surface area (Å²) in [5.74, 6) is -1.15. The summed E-state index contributed by atoms with van der Waals surface area (Å²) >= 11 is 0. The van der Waals surface area contributed by atoms with Crippen LogP contribution in [-0.2, 0) is 0 Å². The van der Waals surface area contributed by atoms with Crippen molar-refractivity contribution in [2.75, 3.05) is 6.54 Å². The van der Waals surface area contributed by atoms with Crippen LogP contribution in [0.4, 0.5) is 8.78 Å². The molecule has 2 aromatic rings. The van der Waals surface area contributed by atoms with Crippen LogP contribution in [0, 0.1) is 11.6 Å². The first kappa shape index (κ1) is 11.3. The largest absolute Gasteiger partial charge is 0.309 e. The molecule has 1 fully saturated rings. The van der Waals surface area contributed by atoms with Gasteiger partial charge < -0.3 is 5.32 Å². The Hall–Kier alpha value is -1.75. The second-order valence-corrected chi connectivity index (χ2v) is 4.43. The van der Waals surface area contributed by atoms with Crippen LogP contribution in [-0.4, -0.2) is 16.1 Å². The highest BCUT2D eigenvalue weighted by atomic mass is 19.1. The predicted octanol–water partition coefficient (Wildman–Crippen LogP) is 2.58. The molecule has 1 saturated heterocycles. The number of halogens is 2. The second kappa shape index (κ2) is 4.49. The number of hydrogen-bond donors (Lipinski definition) is 1. The number of rotatable bonds is 2. The molecule has 0 aliphatic carbocycles. The van der Waals surface area contributed by atoms with E-state index in [1.807, 2.05) is 0 Å². The van der Waals surface area contributed by atoms with Gasteiger partial charge in [0.2, 0.25) is 0 Å². The van der Waals surface area contributed by atoms with Crippen molar-refractivity contribution in [1.29, 1.82) is 0 Å². The topological polar surface area (TPSA) is 29.9 Å². The summed E-state index contributed by atoms with van der Waals surface area (Å²) in [5, 5.41) is 3.34. The van der Waals surface area contributed by atoms with Crippen LogP contribution < -0.4 is 5.32 Å². The van der Waals surface area contributed by atoms with Gasteiger partial charge in [0.25, 0.3) is 0 Å². The van der Waals surface area contributed by atoms with Crippen molar-refractivity contribution in [3.05, 3.63) is 48.1 Å². The van der Waals surface area contributed by atoms with Gasteiger partial charge in [-0.1, -0.05) is 0 Å². The highest BCUT2D eigenvalue weighted by Gasteiger charge is 2.21. The molecule has 1 aliphatic rings. The summed E-state index contributed by atoms with van der Waals surface area (Å²) in [7, 11) is 0. The molecule has 0 bridgehead atoms. The van der Waals surface area contributed by atoms with E-state index in [1.54, 1.807) is 17.1 Å². The van der Waals surface area contributed by atoms with Crippen LogP contribution >= 0.6 is 0 Å². The van der Waals surface area contributed by atoms with Gasteiger partial charge in [-0.15, -0.1) is 0 Å². The van der Waals surface area contributed by atoms with Crippen molar-refractivity contribution < 1.29 is 8.78 Å². The van der Waals surface area contributed by atoms with Gasteiger partial charge in [0.1, 0.15) is 11.6 Å². The zero-order valence-corrected chi connectivity index (χ0v) is 9.74. The Kier molecular flexibility index (Phi) is 2.83. The first-order valence-corrected chi connectivity index (χ1v) is 5.97. The maximum absolute atomic E-state index is 13.8. The van der Waals surface area contributed by atoms with Crippen LogP contribution in [0.1, 0.15) is 24.6 Å². The second-order valence-electron chi connectivity index (χ2n) is 4.43. The average molecular weight is 249 g/mol. The van der Waals surface area contributed by atoms with Gasteiger partial charge in [-0.2, -0.15) is 0 Å². The Morgan fingerprint density at radius 1 is 1.33 bits per heavy atom. The van der Waals surface area contributed by atoms with E-state index in [4.69, 9.17) is 0 Å². The van der Waals surface area contributed by atoms with Crippen LogP contribution in [0.2, 0.25) is 0 Å². The van der Waals surface area contributed by atoms with Gasteiger partial charge in [0, 0.05) is 12.1 Å². The summed E-state index contributed by atoms with van der Waals surface area (Å²) in [6.07, 6.45) is 5.40. The number of imidazole rings is 1. The van der Waals surface area contributed by atoms with Crippen molar-refractivity contribution >= 4 is 0 Å². The number of hydrogen-bond acceptors (Lipinski definition) is 2. The highest BCUT2D eigenvalue weighted by Crippen LogP contribution is 2.26. The molecule has 18 heavy (non-hydrogen) atoms. The standard InChI is InChI=1S/C13H13F2N3/c14-9-3-4-12(10(15)6-9)18-8-16-7-13(18)11-2-1-5-17-11/h3-4,6-8,11,17H,1-2,5H2. The fourth-order valence-corrected chi connectivity index (χ4v) is 2.38. The fraction of sp³-hybridized carbons (Fsp3) is 0.308. The Labute approximate surface area is 103 Å². The number of nitrogens with zero attached hydrogens (tertiary/aromatic N) is 2. The van der Waals surface area contributed by atoms with Crippen molar-refractivity contribution in [2.45, 2.75) is 18.9 Å². The predicted molar refractivity (Wildman–Crippen MR) is 63.5 cm³/mol. The molecular weight excluding hydrogens is 236 g/mol. The summed E-state index contributed by atoms with van der Waals surface area (Å²) in [6, 6.07) is 3.77. The monoisotopic (exact) mass is 249 g/mol. The average Bonchev–Trinajstić information content (AvgIpc) is 2.98. The maximum Gasteiger partial charge on any atom is 0.150 e. The summed E-state index contributed by atoms with van der Waals surface area (Å²) in [6.45, 7) is 0.960. The molecule has 0 spiro atoms. The number of nitrogens with one attached hydrogen (secondary N) is 1. The lowest BCUT2D eigenvalue weighted by Gasteiger charge is -2.14. The molecule has 0 amide bonds. The smallest absolute Gasteiger partial charge is 0.150 e. The first-order valence-electron chi connectivity index (χ1n) is 5.97. The Morgan fingerprint density at radius 3 is 2.94 bits per heavy atom. The third-order valence-corrected chi connectivity index (χ3v) is 3.25. The lowest BCUT2D eigenvalue weighted by molar-refractivity contribution is 0.568. The third-order valence-electron chi connectivity index (χ3n) is 3.25. The minimum Gasteiger partial charge on any atom is -0.309 e. The molecule has 3 rings (SSSR count). The van der Waals surface area contributed by atoms with E-state index in [2.05, 4.69) is 10.3 Å². The molecule has 94 valence electrons. The molecule has 1 atom stereocenters. The quantitative estimate of drug-likeness (QED) is 0.886. The van der Waals surface area contributed by atoms with Crippen molar-refractivity contribution in [3.8, 4) is 5.69 Å². The highest BCUT2D eigenvalue weighted by molar-refractivity contribution is 5.36. The third kappa shape index (κ3) is 1.90. The summed E-state index contributed by atoms with van der Waals surface area (Å²) in [4.78, 5) is 4.07. The SMILES string of the molecule is Fc1ccc(-n2cncc2C2CCCN2)c(F)c1. The summed E-state index contributed by atoms with van der Waals surface area (Å²) < 4.78 is 28.4. The molecule has 5 heteroatoms. The van der Waals surface area contributed by atoms with E-state index in [0.29, 0.717) is 5.69 Å². The van der Waals surface area contributed by atoms with E-state index < -0.39 is 11.6 Å².